The lowest BCUT2D eigenvalue weighted by molar-refractivity contribution is -0.130. The van der Waals surface area contributed by atoms with Crippen LogP contribution in [0.5, 0.6) is 0 Å². The van der Waals surface area contributed by atoms with E-state index in [1.54, 1.807) is 16.8 Å². The second kappa shape index (κ2) is 16.1. The number of rotatable bonds is 16. The summed E-state index contributed by atoms with van der Waals surface area (Å²) in [5.74, 6) is -0.648. The Bertz CT molecular complexity index is 963. The Hall–Kier alpha value is -2.08. The summed E-state index contributed by atoms with van der Waals surface area (Å²) in [4.78, 5) is 31.4. The summed E-state index contributed by atoms with van der Waals surface area (Å²) in [6, 6.07) is -1.07. The molecule has 214 valence electrons. The number of tetrazole rings is 1. The molecule has 38 heavy (non-hydrogen) atoms. The van der Waals surface area contributed by atoms with E-state index in [-0.39, 0.29) is 22.5 Å². The standard InChI is InChI=1S/C26H46N8O2S2/c1-8-9-10-11-12-13-14-15-16-26(4,5)18-33-30-23(29-32-33)22(28-20(3)35)24(36)31-34-21(37-6)17-19(2)27-25(34)38-7/h17,21-22H,8-16,18H2,1-7H3,(H,28,35)(H,31,36). The van der Waals surface area contributed by atoms with Gasteiger partial charge in [-0.05, 0) is 42.6 Å². The minimum absolute atomic E-state index is 0.0147. The molecule has 0 bridgehead atoms. The van der Waals surface area contributed by atoms with E-state index >= 15 is 0 Å². The maximum absolute atomic E-state index is 13.4. The first-order valence-corrected chi connectivity index (χ1v) is 16.1. The number of thioether (sulfide) groups is 2. The Balaban J connectivity index is 2.00. The number of unbranched alkanes of at least 4 members (excludes halogenated alkanes) is 7. The quantitative estimate of drug-likeness (QED) is 0.267. The van der Waals surface area contributed by atoms with Gasteiger partial charge in [-0.3, -0.25) is 15.0 Å². The Morgan fingerprint density at radius 2 is 1.76 bits per heavy atom. The highest BCUT2D eigenvalue weighted by atomic mass is 32.2. The monoisotopic (exact) mass is 566 g/mol. The van der Waals surface area contributed by atoms with Crippen molar-refractivity contribution in [2.45, 2.75) is 110 Å². The van der Waals surface area contributed by atoms with Crippen LogP contribution in [0.1, 0.15) is 104 Å². The molecular weight excluding hydrogens is 520 g/mol. The van der Waals surface area contributed by atoms with E-state index in [9.17, 15) is 9.59 Å². The molecule has 0 aromatic carbocycles. The smallest absolute Gasteiger partial charge is 0.269 e. The van der Waals surface area contributed by atoms with Crippen molar-refractivity contribution in [2.24, 2.45) is 10.4 Å². The van der Waals surface area contributed by atoms with Crippen LogP contribution in [0.4, 0.5) is 0 Å². The largest absolute Gasteiger partial charge is 0.338 e. The highest BCUT2D eigenvalue weighted by Gasteiger charge is 2.32. The number of amidine groups is 1. The van der Waals surface area contributed by atoms with E-state index in [1.807, 2.05) is 25.5 Å². The van der Waals surface area contributed by atoms with Gasteiger partial charge in [0.2, 0.25) is 11.7 Å². The fourth-order valence-corrected chi connectivity index (χ4v) is 5.69. The van der Waals surface area contributed by atoms with Crippen molar-refractivity contribution in [3.05, 3.63) is 17.6 Å². The maximum atomic E-state index is 13.4. The van der Waals surface area contributed by atoms with E-state index in [0.717, 1.165) is 12.1 Å². The number of amides is 2. The van der Waals surface area contributed by atoms with Crippen LogP contribution in [0.3, 0.4) is 0 Å². The first-order valence-electron chi connectivity index (χ1n) is 13.6. The van der Waals surface area contributed by atoms with Crippen molar-refractivity contribution in [2.75, 3.05) is 12.5 Å². The molecule has 0 fully saturated rings. The van der Waals surface area contributed by atoms with Gasteiger partial charge in [-0.15, -0.1) is 22.0 Å². The molecule has 1 aromatic rings. The summed E-state index contributed by atoms with van der Waals surface area (Å²) in [7, 11) is 0. The summed E-state index contributed by atoms with van der Waals surface area (Å²) in [6.45, 7) is 10.5. The molecule has 0 saturated carbocycles. The lowest BCUT2D eigenvalue weighted by Crippen LogP contribution is -2.53. The predicted octanol–water partition coefficient (Wildman–Crippen LogP) is 5.07. The Labute approximate surface area is 236 Å². The van der Waals surface area contributed by atoms with Crippen LogP contribution < -0.4 is 10.7 Å². The first kappa shape index (κ1) is 32.1. The van der Waals surface area contributed by atoms with Crippen LogP contribution in [0, 0.1) is 5.41 Å². The number of carbonyl (C=O) groups excluding carboxylic acids is 2. The Morgan fingerprint density at radius 1 is 1.11 bits per heavy atom. The molecule has 10 nitrogen and oxygen atoms in total. The van der Waals surface area contributed by atoms with Gasteiger partial charge in [-0.1, -0.05) is 83.9 Å². The number of hydrogen-bond donors (Lipinski definition) is 2. The molecule has 2 heterocycles. The zero-order valence-electron chi connectivity index (χ0n) is 24.1. The maximum Gasteiger partial charge on any atom is 0.269 e. The molecule has 0 aliphatic carbocycles. The van der Waals surface area contributed by atoms with E-state index in [0.29, 0.717) is 11.7 Å². The highest BCUT2D eigenvalue weighted by molar-refractivity contribution is 8.13. The van der Waals surface area contributed by atoms with Crippen molar-refractivity contribution >= 4 is 40.5 Å². The van der Waals surface area contributed by atoms with Gasteiger partial charge in [-0.25, -0.2) is 10.0 Å². The zero-order valence-corrected chi connectivity index (χ0v) is 25.8. The van der Waals surface area contributed by atoms with Gasteiger partial charge >= 0.3 is 0 Å². The van der Waals surface area contributed by atoms with Crippen molar-refractivity contribution in [3.8, 4) is 0 Å². The van der Waals surface area contributed by atoms with Crippen LogP contribution in [0.2, 0.25) is 0 Å². The van der Waals surface area contributed by atoms with E-state index < -0.39 is 11.9 Å². The van der Waals surface area contributed by atoms with E-state index in [2.05, 4.69) is 51.9 Å². The van der Waals surface area contributed by atoms with Crippen LogP contribution in [-0.4, -0.2) is 60.1 Å². The van der Waals surface area contributed by atoms with Crippen LogP contribution >= 0.6 is 23.5 Å². The number of nitrogens with zero attached hydrogens (tertiary/aromatic N) is 6. The van der Waals surface area contributed by atoms with Crippen molar-refractivity contribution in [1.29, 1.82) is 0 Å². The average Bonchev–Trinajstić information content (AvgIpc) is 3.31. The van der Waals surface area contributed by atoms with Gasteiger partial charge in [0.1, 0.15) is 5.37 Å². The second-order valence-electron chi connectivity index (χ2n) is 10.6. The van der Waals surface area contributed by atoms with Crippen molar-refractivity contribution in [1.82, 2.24) is 36.0 Å². The van der Waals surface area contributed by atoms with Gasteiger partial charge < -0.3 is 5.32 Å². The van der Waals surface area contributed by atoms with Crippen molar-refractivity contribution in [3.63, 3.8) is 0 Å². The number of allylic oxidation sites excluding steroid dienone is 1. The summed E-state index contributed by atoms with van der Waals surface area (Å²) in [6.07, 6.45) is 17.2. The number of hydrogen-bond acceptors (Lipinski definition) is 9. The summed E-state index contributed by atoms with van der Waals surface area (Å²) in [5.41, 5.74) is 3.78. The van der Waals surface area contributed by atoms with Gasteiger partial charge in [-0.2, -0.15) is 4.80 Å². The van der Waals surface area contributed by atoms with Crippen LogP contribution in [0.25, 0.3) is 0 Å². The fourth-order valence-electron chi connectivity index (χ4n) is 4.33. The van der Waals surface area contributed by atoms with E-state index in [1.165, 1.54) is 74.8 Å². The number of hydrazine groups is 1. The fraction of sp³-hybridized carbons (Fsp3) is 0.769. The molecule has 12 heteroatoms. The molecule has 0 spiro atoms. The lowest BCUT2D eigenvalue weighted by Gasteiger charge is -2.34. The number of nitrogens with one attached hydrogen (secondary N) is 2. The molecular formula is C26H46N8O2S2. The molecule has 2 rings (SSSR count). The third-order valence-corrected chi connectivity index (χ3v) is 7.87. The highest BCUT2D eigenvalue weighted by Crippen LogP contribution is 2.27. The molecule has 2 atom stereocenters. The summed E-state index contributed by atoms with van der Waals surface area (Å²) in [5, 5.41) is 17.8. The van der Waals surface area contributed by atoms with Crippen molar-refractivity contribution < 1.29 is 9.59 Å². The third kappa shape index (κ3) is 10.6. The molecule has 1 aromatic heterocycles. The third-order valence-electron chi connectivity index (χ3n) is 6.38. The number of aromatic nitrogens is 4. The van der Waals surface area contributed by atoms with Gasteiger partial charge in [0.15, 0.2) is 11.2 Å². The SMILES string of the molecule is CCCCCCCCCCC(C)(C)Cn1nnc(C(NC(C)=O)C(=O)NN2C(SC)=NC(C)=CC2SC)n1. The predicted molar refractivity (Wildman–Crippen MR) is 157 cm³/mol. The molecule has 2 amide bonds. The average molecular weight is 567 g/mol. The topological polar surface area (TPSA) is 117 Å². The van der Waals surface area contributed by atoms with Gasteiger partial charge in [0.05, 0.1) is 6.54 Å². The molecule has 2 N–H and O–H groups in total. The van der Waals surface area contributed by atoms with E-state index in [4.69, 9.17) is 0 Å². The normalized spacial score (nSPS) is 16.6. The molecule has 1 aliphatic heterocycles. The van der Waals surface area contributed by atoms with Crippen LogP contribution in [-0.2, 0) is 16.1 Å². The second-order valence-corrected chi connectivity index (χ2v) is 12.3. The lowest BCUT2D eigenvalue weighted by atomic mass is 9.87. The first-order chi connectivity index (χ1) is 18.1. The summed E-state index contributed by atoms with van der Waals surface area (Å²) < 4.78 is 0. The molecule has 2 unspecified atom stereocenters. The minimum Gasteiger partial charge on any atom is -0.338 e. The Kier molecular flexibility index (Phi) is 13.6. The summed E-state index contributed by atoms with van der Waals surface area (Å²) >= 11 is 3.01. The van der Waals surface area contributed by atoms with Gasteiger partial charge in [0.25, 0.3) is 5.91 Å². The minimum atomic E-state index is -1.07. The number of aliphatic imine (C=N–C) groups is 1. The number of carbonyl (C=O) groups is 2. The van der Waals surface area contributed by atoms with Gasteiger partial charge in [0, 0.05) is 12.6 Å². The molecule has 0 radical (unpaired) electrons. The molecule has 1 aliphatic rings. The van der Waals surface area contributed by atoms with Crippen LogP contribution in [0.15, 0.2) is 16.8 Å². The Morgan fingerprint density at radius 3 is 2.37 bits per heavy atom. The molecule has 0 saturated heterocycles. The zero-order chi connectivity index (χ0) is 28.1.